The van der Waals surface area contributed by atoms with Gasteiger partial charge >= 0.3 is 5.97 Å². The number of methoxy groups -OCH3 is 1. The van der Waals surface area contributed by atoms with Crippen LogP contribution in [0.5, 0.6) is 0 Å². The zero-order chi connectivity index (χ0) is 15.1. The molecule has 0 aromatic heterocycles. The molecule has 116 valence electrons. The van der Waals surface area contributed by atoms with Crippen LogP contribution in [0.15, 0.2) is 0 Å². The predicted molar refractivity (Wildman–Crippen MR) is 75.5 cm³/mol. The van der Waals surface area contributed by atoms with Crippen LogP contribution in [-0.2, 0) is 14.3 Å². The normalized spacial score (nSPS) is 25.1. The number of nitrogens with zero attached hydrogens (tertiary/aromatic N) is 1. The second kappa shape index (κ2) is 8.21. The highest BCUT2D eigenvalue weighted by molar-refractivity contribution is 5.82. The number of rotatable bonds is 7. The Morgan fingerprint density at radius 3 is 2.75 bits per heavy atom. The molecule has 1 amide bonds. The maximum absolute atomic E-state index is 12.0. The molecule has 1 fully saturated rings. The number of likely N-dealkylation sites (tertiary alicyclic amines) is 1. The summed E-state index contributed by atoms with van der Waals surface area (Å²) in [5.41, 5.74) is 0. The minimum atomic E-state index is -0.834. The van der Waals surface area contributed by atoms with Crippen molar-refractivity contribution < 1.29 is 19.4 Å². The number of piperidine rings is 1. The van der Waals surface area contributed by atoms with Crippen molar-refractivity contribution in [1.82, 2.24) is 10.2 Å². The van der Waals surface area contributed by atoms with Crippen molar-refractivity contribution in [2.24, 2.45) is 5.92 Å². The van der Waals surface area contributed by atoms with Gasteiger partial charge in [-0.05, 0) is 25.7 Å². The van der Waals surface area contributed by atoms with E-state index in [1.165, 1.54) is 0 Å². The molecule has 3 unspecified atom stereocenters. The summed E-state index contributed by atoms with van der Waals surface area (Å²) in [6.07, 6.45) is 2.57. The average molecular weight is 286 g/mol. The van der Waals surface area contributed by atoms with Crippen LogP contribution < -0.4 is 5.32 Å². The number of amides is 1. The van der Waals surface area contributed by atoms with Gasteiger partial charge in [0.1, 0.15) is 6.04 Å². The molecule has 1 saturated heterocycles. The lowest BCUT2D eigenvalue weighted by molar-refractivity contribution is -0.148. The van der Waals surface area contributed by atoms with Crippen LogP contribution in [0.2, 0.25) is 0 Å². The van der Waals surface area contributed by atoms with Crippen molar-refractivity contribution in [3.05, 3.63) is 0 Å². The van der Waals surface area contributed by atoms with Gasteiger partial charge < -0.3 is 15.2 Å². The van der Waals surface area contributed by atoms with E-state index < -0.39 is 18.1 Å². The maximum atomic E-state index is 12.0. The molecular formula is C14H26N2O4. The van der Waals surface area contributed by atoms with Crippen molar-refractivity contribution in [2.75, 3.05) is 26.8 Å². The van der Waals surface area contributed by atoms with Gasteiger partial charge in [0, 0.05) is 20.2 Å². The first kappa shape index (κ1) is 16.9. The highest BCUT2D eigenvalue weighted by atomic mass is 16.5. The number of ether oxygens (including phenoxy) is 1. The molecular weight excluding hydrogens is 260 g/mol. The van der Waals surface area contributed by atoms with Crippen LogP contribution in [0.1, 0.15) is 33.1 Å². The Balaban J connectivity index is 2.62. The Bertz CT molecular complexity index is 335. The fourth-order valence-corrected chi connectivity index (χ4v) is 2.71. The smallest absolute Gasteiger partial charge is 0.320 e. The lowest BCUT2D eigenvalue weighted by Gasteiger charge is -2.39. The zero-order valence-corrected chi connectivity index (χ0v) is 12.6. The highest BCUT2D eigenvalue weighted by Crippen LogP contribution is 2.27. The SMILES string of the molecule is CCC1CCN(C(C)C(=O)NCCOC)C(C(=O)O)C1. The summed E-state index contributed by atoms with van der Waals surface area (Å²) in [6.45, 7) is 5.42. The van der Waals surface area contributed by atoms with Gasteiger partial charge in [0.2, 0.25) is 5.91 Å². The first-order valence-corrected chi connectivity index (χ1v) is 7.26. The molecule has 1 aliphatic heterocycles. The molecule has 0 aromatic carbocycles. The van der Waals surface area contributed by atoms with Gasteiger partial charge in [0.25, 0.3) is 0 Å². The first-order valence-electron chi connectivity index (χ1n) is 7.26. The van der Waals surface area contributed by atoms with Crippen LogP contribution in [0.25, 0.3) is 0 Å². The highest BCUT2D eigenvalue weighted by Gasteiger charge is 2.37. The fourth-order valence-electron chi connectivity index (χ4n) is 2.71. The molecule has 0 bridgehead atoms. The molecule has 0 spiro atoms. The van der Waals surface area contributed by atoms with Crippen molar-refractivity contribution in [1.29, 1.82) is 0 Å². The lowest BCUT2D eigenvalue weighted by Crippen LogP contribution is -2.55. The van der Waals surface area contributed by atoms with Crippen LogP contribution >= 0.6 is 0 Å². The molecule has 1 aliphatic rings. The number of carbonyl (C=O) groups is 2. The molecule has 6 heteroatoms. The van der Waals surface area contributed by atoms with Crippen LogP contribution in [0, 0.1) is 5.92 Å². The maximum Gasteiger partial charge on any atom is 0.320 e. The van der Waals surface area contributed by atoms with Crippen molar-refractivity contribution in [3.63, 3.8) is 0 Å². The topological polar surface area (TPSA) is 78.9 Å². The molecule has 0 saturated carbocycles. The minimum Gasteiger partial charge on any atom is -0.480 e. The molecule has 0 aliphatic carbocycles. The van der Waals surface area contributed by atoms with Crippen molar-refractivity contribution in [2.45, 2.75) is 45.2 Å². The fraction of sp³-hybridized carbons (Fsp3) is 0.857. The Morgan fingerprint density at radius 1 is 1.50 bits per heavy atom. The van der Waals surface area contributed by atoms with Crippen LogP contribution in [0.4, 0.5) is 0 Å². The summed E-state index contributed by atoms with van der Waals surface area (Å²) in [6, 6.07) is -0.984. The van der Waals surface area contributed by atoms with E-state index in [4.69, 9.17) is 4.74 Å². The summed E-state index contributed by atoms with van der Waals surface area (Å²) < 4.78 is 4.88. The number of hydrogen-bond acceptors (Lipinski definition) is 4. The molecule has 20 heavy (non-hydrogen) atoms. The van der Waals surface area contributed by atoms with Crippen molar-refractivity contribution in [3.8, 4) is 0 Å². The summed E-state index contributed by atoms with van der Waals surface area (Å²) in [5, 5.41) is 12.1. The Morgan fingerprint density at radius 2 is 2.20 bits per heavy atom. The molecule has 2 N–H and O–H groups in total. The third kappa shape index (κ3) is 4.45. The van der Waals surface area contributed by atoms with Crippen LogP contribution in [-0.4, -0.2) is 60.8 Å². The number of aliphatic carboxylic acids is 1. The third-order valence-electron chi connectivity index (χ3n) is 4.10. The summed E-state index contributed by atoms with van der Waals surface area (Å²) >= 11 is 0. The number of carbonyl (C=O) groups excluding carboxylic acids is 1. The average Bonchev–Trinajstić information content (AvgIpc) is 2.45. The van der Waals surface area contributed by atoms with Gasteiger partial charge in [0.05, 0.1) is 12.6 Å². The minimum absolute atomic E-state index is 0.136. The van der Waals surface area contributed by atoms with Gasteiger partial charge in [-0.25, -0.2) is 0 Å². The largest absolute Gasteiger partial charge is 0.480 e. The van der Waals surface area contributed by atoms with E-state index in [9.17, 15) is 14.7 Å². The van der Waals surface area contributed by atoms with E-state index in [1.54, 1.807) is 18.9 Å². The van der Waals surface area contributed by atoms with E-state index in [2.05, 4.69) is 12.2 Å². The van der Waals surface area contributed by atoms with Gasteiger partial charge in [-0.15, -0.1) is 0 Å². The Labute approximate surface area is 120 Å². The van der Waals surface area contributed by atoms with E-state index in [-0.39, 0.29) is 5.91 Å². The Kier molecular flexibility index (Phi) is 6.95. The number of carboxylic acids is 1. The molecule has 6 nitrogen and oxygen atoms in total. The van der Waals surface area contributed by atoms with Gasteiger partial charge in [0.15, 0.2) is 0 Å². The number of carboxylic acid groups (broad SMARTS) is 1. The second-order valence-electron chi connectivity index (χ2n) is 5.35. The third-order valence-corrected chi connectivity index (χ3v) is 4.10. The van der Waals surface area contributed by atoms with E-state index in [0.29, 0.717) is 32.0 Å². The first-order chi connectivity index (χ1) is 9.51. The van der Waals surface area contributed by atoms with E-state index in [0.717, 1.165) is 12.8 Å². The van der Waals surface area contributed by atoms with E-state index >= 15 is 0 Å². The van der Waals surface area contributed by atoms with Gasteiger partial charge in [-0.2, -0.15) is 0 Å². The standard InChI is InChI=1S/C14H26N2O4/c1-4-11-5-7-16(12(9-11)14(18)19)10(2)13(17)15-6-8-20-3/h10-12H,4-9H2,1-3H3,(H,15,17)(H,18,19). The monoisotopic (exact) mass is 286 g/mol. The quantitative estimate of drug-likeness (QED) is 0.674. The summed E-state index contributed by atoms with van der Waals surface area (Å²) in [5.74, 6) is -0.529. The molecule has 1 rings (SSSR count). The predicted octanol–water partition coefficient (Wildman–Crippen LogP) is 0.713. The zero-order valence-electron chi connectivity index (χ0n) is 12.6. The molecule has 0 aromatic rings. The molecule has 1 heterocycles. The van der Waals surface area contributed by atoms with Crippen molar-refractivity contribution >= 4 is 11.9 Å². The second-order valence-corrected chi connectivity index (χ2v) is 5.35. The Hall–Kier alpha value is -1.14. The summed E-state index contributed by atoms with van der Waals surface area (Å²) in [7, 11) is 1.57. The van der Waals surface area contributed by atoms with Crippen LogP contribution in [0.3, 0.4) is 0 Å². The van der Waals surface area contributed by atoms with Gasteiger partial charge in [-0.3, -0.25) is 14.5 Å². The number of nitrogens with one attached hydrogen (secondary N) is 1. The number of hydrogen-bond donors (Lipinski definition) is 2. The lowest BCUT2D eigenvalue weighted by atomic mass is 9.88. The summed E-state index contributed by atoms with van der Waals surface area (Å²) in [4.78, 5) is 25.3. The van der Waals surface area contributed by atoms with Gasteiger partial charge in [-0.1, -0.05) is 13.3 Å². The molecule has 0 radical (unpaired) electrons. The van der Waals surface area contributed by atoms with E-state index in [1.807, 2.05) is 0 Å². The molecule has 3 atom stereocenters.